The van der Waals surface area contributed by atoms with Gasteiger partial charge in [-0.05, 0) is 39.2 Å². The zero-order valence-electron chi connectivity index (χ0n) is 10.6. The van der Waals surface area contributed by atoms with Gasteiger partial charge in [-0.25, -0.2) is 0 Å². The van der Waals surface area contributed by atoms with E-state index in [0.717, 1.165) is 37.2 Å². The quantitative estimate of drug-likeness (QED) is 0.859. The number of Topliss-reactive ketones (excluding diaryl/α,β-unsaturated/α-hetero) is 1. The van der Waals surface area contributed by atoms with E-state index < -0.39 is 0 Å². The molecule has 2 unspecified atom stereocenters. The van der Waals surface area contributed by atoms with E-state index in [-0.39, 0.29) is 12.0 Å². The zero-order valence-corrected chi connectivity index (χ0v) is 10.6. The van der Waals surface area contributed by atoms with Crippen molar-refractivity contribution < 1.29 is 4.79 Å². The van der Waals surface area contributed by atoms with Gasteiger partial charge in [-0.1, -0.05) is 0 Å². The lowest BCUT2D eigenvalue weighted by Gasteiger charge is -2.09. The molecule has 0 saturated heterocycles. The van der Waals surface area contributed by atoms with Crippen LogP contribution < -0.4 is 5.73 Å². The smallest absolute Gasteiger partial charge is 0.141 e. The largest absolute Gasteiger partial charge is 0.328 e. The van der Waals surface area contributed by atoms with Crippen molar-refractivity contribution in [1.82, 2.24) is 9.78 Å². The number of ketones is 1. The molecule has 17 heavy (non-hydrogen) atoms. The van der Waals surface area contributed by atoms with Crippen LogP contribution in [0.15, 0.2) is 6.07 Å². The van der Waals surface area contributed by atoms with Gasteiger partial charge in [-0.15, -0.1) is 0 Å². The molecular weight excluding hydrogens is 214 g/mol. The van der Waals surface area contributed by atoms with Crippen LogP contribution in [0.3, 0.4) is 0 Å². The fraction of sp³-hybridized carbons (Fsp3) is 0.692. The monoisotopic (exact) mass is 235 g/mol. The molecule has 1 aromatic heterocycles. The van der Waals surface area contributed by atoms with Crippen molar-refractivity contribution >= 4 is 5.78 Å². The van der Waals surface area contributed by atoms with Crippen molar-refractivity contribution in [2.45, 2.75) is 52.1 Å². The Kier molecular flexibility index (Phi) is 3.62. The maximum atomic E-state index is 12.1. The number of nitrogens with two attached hydrogens (primary N) is 1. The topological polar surface area (TPSA) is 60.9 Å². The lowest BCUT2D eigenvalue weighted by Crippen LogP contribution is -2.20. The van der Waals surface area contributed by atoms with Crippen molar-refractivity contribution in [2.24, 2.45) is 11.7 Å². The van der Waals surface area contributed by atoms with E-state index in [0.29, 0.717) is 12.2 Å². The lowest BCUT2D eigenvalue weighted by atomic mass is 9.98. The molecule has 1 aliphatic rings. The summed E-state index contributed by atoms with van der Waals surface area (Å²) in [6.07, 6.45) is 3.31. The number of carbonyl (C=O) groups is 1. The van der Waals surface area contributed by atoms with Gasteiger partial charge in [0.2, 0.25) is 0 Å². The van der Waals surface area contributed by atoms with Crippen LogP contribution in [0.4, 0.5) is 0 Å². The number of hydrogen-bond donors (Lipinski definition) is 1. The fourth-order valence-corrected chi connectivity index (χ4v) is 2.65. The average Bonchev–Trinajstić information content (AvgIpc) is 2.85. The molecule has 1 aromatic rings. The number of hydrogen-bond acceptors (Lipinski definition) is 3. The summed E-state index contributed by atoms with van der Waals surface area (Å²) < 4.78 is 1.92. The van der Waals surface area contributed by atoms with Gasteiger partial charge in [0.15, 0.2) is 0 Å². The van der Waals surface area contributed by atoms with E-state index in [4.69, 9.17) is 5.73 Å². The second-order valence-electron chi connectivity index (χ2n) is 5.01. The summed E-state index contributed by atoms with van der Waals surface area (Å²) in [7, 11) is 0. The minimum Gasteiger partial charge on any atom is -0.328 e. The highest BCUT2D eigenvalue weighted by molar-refractivity contribution is 5.83. The van der Waals surface area contributed by atoms with Crippen LogP contribution >= 0.6 is 0 Å². The Morgan fingerprint density at radius 2 is 2.35 bits per heavy atom. The van der Waals surface area contributed by atoms with E-state index in [9.17, 15) is 4.79 Å². The lowest BCUT2D eigenvalue weighted by molar-refractivity contribution is -0.122. The van der Waals surface area contributed by atoms with Crippen molar-refractivity contribution in [3.8, 4) is 0 Å². The molecule has 0 aliphatic heterocycles. The molecule has 1 saturated carbocycles. The third-order valence-corrected chi connectivity index (χ3v) is 3.57. The van der Waals surface area contributed by atoms with Crippen LogP contribution in [0, 0.1) is 12.8 Å². The summed E-state index contributed by atoms with van der Waals surface area (Å²) in [6, 6.07) is 2.23. The van der Waals surface area contributed by atoms with Gasteiger partial charge >= 0.3 is 0 Å². The Morgan fingerprint density at radius 1 is 1.59 bits per heavy atom. The van der Waals surface area contributed by atoms with Crippen LogP contribution in [0.2, 0.25) is 0 Å². The third kappa shape index (κ3) is 2.75. The van der Waals surface area contributed by atoms with Crippen molar-refractivity contribution in [2.75, 3.05) is 0 Å². The molecule has 2 atom stereocenters. The Morgan fingerprint density at radius 3 is 2.94 bits per heavy atom. The van der Waals surface area contributed by atoms with Gasteiger partial charge in [0.25, 0.3) is 0 Å². The summed E-state index contributed by atoms with van der Waals surface area (Å²) >= 11 is 0. The molecular formula is C13H21N3O. The molecule has 0 bridgehead atoms. The van der Waals surface area contributed by atoms with Gasteiger partial charge in [0.1, 0.15) is 5.78 Å². The predicted octanol–water partition coefficient (Wildman–Crippen LogP) is 1.45. The molecule has 0 spiro atoms. The Bertz CT molecular complexity index is 411. The maximum absolute atomic E-state index is 12.1. The number of nitrogens with zero attached hydrogens (tertiary/aromatic N) is 2. The van der Waals surface area contributed by atoms with Crippen molar-refractivity contribution in [1.29, 1.82) is 0 Å². The average molecular weight is 235 g/mol. The highest BCUT2D eigenvalue weighted by atomic mass is 16.1. The molecule has 1 fully saturated rings. The van der Waals surface area contributed by atoms with Crippen molar-refractivity contribution in [3.05, 3.63) is 17.5 Å². The highest BCUT2D eigenvalue weighted by Gasteiger charge is 2.28. The third-order valence-electron chi connectivity index (χ3n) is 3.57. The minimum absolute atomic E-state index is 0.172. The van der Waals surface area contributed by atoms with Crippen LogP contribution in [-0.2, 0) is 17.8 Å². The SMILES string of the molecule is CCn1nc(C)cc1CC(=O)C1CCC(N)C1. The molecule has 4 nitrogen and oxygen atoms in total. The molecule has 4 heteroatoms. The molecule has 2 rings (SSSR count). The number of rotatable bonds is 4. The molecule has 2 N–H and O–H groups in total. The maximum Gasteiger partial charge on any atom is 0.141 e. The molecule has 1 heterocycles. The van der Waals surface area contributed by atoms with Gasteiger partial charge in [0.05, 0.1) is 5.69 Å². The molecule has 94 valence electrons. The summed E-state index contributed by atoms with van der Waals surface area (Å²) in [4.78, 5) is 12.1. The first-order valence-corrected chi connectivity index (χ1v) is 6.41. The van der Waals surface area contributed by atoms with Gasteiger partial charge in [0, 0.05) is 30.6 Å². The summed E-state index contributed by atoms with van der Waals surface area (Å²) in [5.74, 6) is 0.498. The molecule has 0 aromatic carbocycles. The summed E-state index contributed by atoms with van der Waals surface area (Å²) in [6.45, 7) is 4.83. The second-order valence-corrected chi connectivity index (χ2v) is 5.01. The van der Waals surface area contributed by atoms with E-state index in [1.54, 1.807) is 0 Å². The van der Waals surface area contributed by atoms with E-state index >= 15 is 0 Å². The first kappa shape index (κ1) is 12.3. The Labute approximate surface area is 102 Å². The van der Waals surface area contributed by atoms with Crippen LogP contribution in [0.5, 0.6) is 0 Å². The van der Waals surface area contributed by atoms with Crippen molar-refractivity contribution in [3.63, 3.8) is 0 Å². The summed E-state index contributed by atoms with van der Waals surface area (Å²) in [5, 5.41) is 4.36. The Hall–Kier alpha value is -1.16. The minimum atomic E-state index is 0.172. The zero-order chi connectivity index (χ0) is 12.4. The first-order chi connectivity index (χ1) is 8.10. The fourth-order valence-electron chi connectivity index (χ4n) is 2.65. The van der Waals surface area contributed by atoms with E-state index in [1.165, 1.54) is 0 Å². The molecule has 0 amide bonds. The van der Waals surface area contributed by atoms with Crippen LogP contribution in [0.1, 0.15) is 37.6 Å². The van der Waals surface area contributed by atoms with E-state index in [2.05, 4.69) is 5.10 Å². The van der Waals surface area contributed by atoms with Gasteiger partial charge < -0.3 is 5.73 Å². The van der Waals surface area contributed by atoms with Crippen LogP contribution in [0.25, 0.3) is 0 Å². The summed E-state index contributed by atoms with van der Waals surface area (Å²) in [5.41, 5.74) is 7.87. The standard InChI is InChI=1S/C13H21N3O/c1-3-16-12(6-9(2)15-16)8-13(17)10-4-5-11(14)7-10/h6,10-11H,3-5,7-8,14H2,1-2H3. The number of aryl methyl sites for hydroxylation is 2. The van der Waals surface area contributed by atoms with Gasteiger partial charge in [-0.3, -0.25) is 9.48 Å². The molecule has 1 aliphatic carbocycles. The van der Waals surface area contributed by atoms with E-state index in [1.807, 2.05) is 24.6 Å². The first-order valence-electron chi connectivity index (χ1n) is 6.41. The van der Waals surface area contributed by atoms with Gasteiger partial charge in [-0.2, -0.15) is 5.10 Å². The Balaban J connectivity index is 2.02. The number of carbonyl (C=O) groups excluding carboxylic acids is 1. The normalized spacial score (nSPS) is 24.2. The van der Waals surface area contributed by atoms with Crippen LogP contribution in [-0.4, -0.2) is 21.6 Å². The second kappa shape index (κ2) is 5.00. The highest BCUT2D eigenvalue weighted by Crippen LogP contribution is 2.26. The molecule has 0 radical (unpaired) electrons. The number of aromatic nitrogens is 2. The predicted molar refractivity (Wildman–Crippen MR) is 66.7 cm³/mol.